The summed E-state index contributed by atoms with van der Waals surface area (Å²) in [5.74, 6) is -1.04. The Kier molecular flexibility index (Phi) is 6.91. The summed E-state index contributed by atoms with van der Waals surface area (Å²) in [6.45, 7) is 2.90. The Morgan fingerprint density at radius 3 is 2.56 bits per heavy atom. The highest BCUT2D eigenvalue weighted by molar-refractivity contribution is 6.21. The molecule has 196 valence electrons. The SMILES string of the molecule is CC(=O)CN1C(=O)C(NC(=O)Nc2cccc(-c3nnn[nH]3)c2)N=C(c2ccccc2F)c2cccc(C)c21. The van der Waals surface area contributed by atoms with Crippen molar-refractivity contribution in [1.82, 2.24) is 25.9 Å². The second-order valence-electron chi connectivity index (χ2n) is 8.89. The van der Waals surface area contributed by atoms with Gasteiger partial charge in [-0.2, -0.15) is 0 Å². The van der Waals surface area contributed by atoms with Gasteiger partial charge in [-0.1, -0.05) is 42.5 Å². The summed E-state index contributed by atoms with van der Waals surface area (Å²) in [7, 11) is 0. The largest absolute Gasteiger partial charge is 0.321 e. The predicted octanol–water partition coefficient (Wildman–Crippen LogP) is 3.24. The molecule has 0 saturated carbocycles. The van der Waals surface area contributed by atoms with Crippen LogP contribution in [0.3, 0.4) is 0 Å². The number of H-pyrrole nitrogens is 1. The summed E-state index contributed by atoms with van der Waals surface area (Å²) in [5, 5.41) is 18.8. The highest BCUT2D eigenvalue weighted by atomic mass is 19.1. The van der Waals surface area contributed by atoms with Gasteiger partial charge in [0.1, 0.15) is 11.6 Å². The van der Waals surface area contributed by atoms with Gasteiger partial charge in [-0.3, -0.25) is 9.59 Å². The number of anilines is 2. The summed E-state index contributed by atoms with van der Waals surface area (Å²) in [6.07, 6.45) is -1.45. The van der Waals surface area contributed by atoms with Gasteiger partial charge in [0, 0.05) is 22.4 Å². The lowest BCUT2D eigenvalue weighted by atomic mass is 9.97. The Bertz CT molecular complexity index is 1600. The lowest BCUT2D eigenvalue weighted by Crippen LogP contribution is -2.49. The van der Waals surface area contributed by atoms with Crippen molar-refractivity contribution in [3.63, 3.8) is 0 Å². The van der Waals surface area contributed by atoms with Crippen LogP contribution in [0.2, 0.25) is 0 Å². The van der Waals surface area contributed by atoms with Crippen molar-refractivity contribution in [2.75, 3.05) is 16.8 Å². The maximum Gasteiger partial charge on any atom is 0.321 e. The number of aliphatic imine (C=N–C) groups is 1. The summed E-state index contributed by atoms with van der Waals surface area (Å²) >= 11 is 0. The topological polar surface area (TPSA) is 145 Å². The molecule has 1 aliphatic heterocycles. The zero-order valence-corrected chi connectivity index (χ0v) is 21.0. The first-order chi connectivity index (χ1) is 18.8. The predicted molar refractivity (Wildman–Crippen MR) is 142 cm³/mol. The van der Waals surface area contributed by atoms with Crippen molar-refractivity contribution in [3.05, 3.63) is 89.2 Å². The van der Waals surface area contributed by atoms with Crippen LogP contribution in [-0.4, -0.2) is 56.8 Å². The molecule has 0 spiro atoms. The van der Waals surface area contributed by atoms with Gasteiger partial charge in [0.2, 0.25) is 6.17 Å². The number of rotatable bonds is 6. The number of halogens is 1. The number of hydrogen-bond donors (Lipinski definition) is 3. The minimum atomic E-state index is -1.45. The number of ketones is 1. The van der Waals surface area contributed by atoms with Crippen molar-refractivity contribution in [1.29, 1.82) is 0 Å². The van der Waals surface area contributed by atoms with Gasteiger partial charge in [-0.05, 0) is 54.1 Å². The molecule has 0 aliphatic carbocycles. The van der Waals surface area contributed by atoms with Crippen molar-refractivity contribution in [2.45, 2.75) is 20.0 Å². The first-order valence-electron chi connectivity index (χ1n) is 12.0. The Morgan fingerprint density at radius 1 is 1.05 bits per heavy atom. The number of tetrazole rings is 1. The highest BCUT2D eigenvalue weighted by Gasteiger charge is 2.35. The molecular formula is C27H23FN8O3. The number of aryl methyl sites for hydroxylation is 1. The van der Waals surface area contributed by atoms with Crippen LogP contribution in [0.4, 0.5) is 20.6 Å². The number of para-hydroxylation sites is 1. The van der Waals surface area contributed by atoms with Crippen molar-refractivity contribution < 1.29 is 18.8 Å². The Balaban J connectivity index is 1.53. The van der Waals surface area contributed by atoms with Gasteiger partial charge in [0.25, 0.3) is 5.91 Å². The molecule has 0 fully saturated rings. The van der Waals surface area contributed by atoms with Crippen LogP contribution >= 0.6 is 0 Å². The van der Waals surface area contributed by atoms with E-state index in [9.17, 15) is 18.8 Å². The number of benzodiazepines with no additional fused rings is 1. The Hall–Kier alpha value is -5.26. The summed E-state index contributed by atoms with van der Waals surface area (Å²) in [5.41, 5.74) is 2.95. The van der Waals surface area contributed by atoms with E-state index in [4.69, 9.17) is 0 Å². The average Bonchev–Trinajstić information content (AvgIpc) is 3.42. The molecule has 11 nitrogen and oxygen atoms in total. The van der Waals surface area contributed by atoms with Crippen LogP contribution in [0.25, 0.3) is 11.4 Å². The molecule has 0 bridgehead atoms. The van der Waals surface area contributed by atoms with E-state index in [1.165, 1.54) is 17.9 Å². The fourth-order valence-electron chi connectivity index (χ4n) is 4.38. The Labute approximate surface area is 222 Å². The molecule has 1 unspecified atom stereocenters. The fraction of sp³-hybridized carbons (Fsp3) is 0.148. The molecule has 0 saturated heterocycles. The third-order valence-corrected chi connectivity index (χ3v) is 6.04. The number of aromatic nitrogens is 4. The molecule has 0 radical (unpaired) electrons. The number of nitrogens with zero attached hydrogens (tertiary/aromatic N) is 5. The fourth-order valence-corrected chi connectivity index (χ4v) is 4.38. The van der Waals surface area contributed by atoms with Crippen LogP contribution in [0.5, 0.6) is 0 Å². The maximum atomic E-state index is 15.0. The number of Topliss-reactive ketones (excluding diaryl/α,β-unsaturated/α-hetero) is 1. The van der Waals surface area contributed by atoms with E-state index >= 15 is 0 Å². The average molecular weight is 527 g/mol. The molecule has 12 heteroatoms. The lowest BCUT2D eigenvalue weighted by Gasteiger charge is -2.26. The smallest absolute Gasteiger partial charge is 0.308 e. The van der Waals surface area contributed by atoms with E-state index in [0.717, 1.165) is 0 Å². The molecule has 5 rings (SSSR count). The molecule has 3 N–H and O–H groups in total. The second kappa shape index (κ2) is 10.6. The molecule has 3 aromatic carbocycles. The van der Waals surface area contributed by atoms with E-state index in [0.29, 0.717) is 33.9 Å². The van der Waals surface area contributed by atoms with E-state index < -0.39 is 23.9 Å². The van der Waals surface area contributed by atoms with Crippen LogP contribution in [-0.2, 0) is 9.59 Å². The van der Waals surface area contributed by atoms with Gasteiger partial charge >= 0.3 is 6.03 Å². The number of fused-ring (bicyclic) bond motifs is 1. The second-order valence-corrected chi connectivity index (χ2v) is 8.89. The van der Waals surface area contributed by atoms with Crippen molar-refractivity contribution in [2.24, 2.45) is 4.99 Å². The van der Waals surface area contributed by atoms with Gasteiger partial charge in [-0.25, -0.2) is 19.3 Å². The number of hydrogen-bond acceptors (Lipinski definition) is 7. The number of nitrogens with one attached hydrogen (secondary N) is 3. The first kappa shape index (κ1) is 25.4. The molecule has 3 amide bonds. The summed E-state index contributed by atoms with van der Waals surface area (Å²) in [6, 6.07) is 17.3. The zero-order valence-electron chi connectivity index (χ0n) is 21.0. The van der Waals surface area contributed by atoms with Crippen molar-refractivity contribution in [3.8, 4) is 11.4 Å². The number of benzene rings is 3. The van der Waals surface area contributed by atoms with E-state index in [2.05, 4.69) is 36.3 Å². The van der Waals surface area contributed by atoms with Crippen molar-refractivity contribution >= 4 is 34.8 Å². The van der Waals surface area contributed by atoms with Gasteiger partial charge in [-0.15, -0.1) is 5.10 Å². The Morgan fingerprint density at radius 2 is 1.82 bits per heavy atom. The third kappa shape index (κ3) is 5.25. The van der Waals surface area contributed by atoms with Gasteiger partial charge in [0.05, 0.1) is 17.9 Å². The molecule has 39 heavy (non-hydrogen) atoms. The van der Waals surface area contributed by atoms with Crippen LogP contribution < -0.4 is 15.5 Å². The molecule has 4 aromatic rings. The van der Waals surface area contributed by atoms with Crippen LogP contribution in [0.1, 0.15) is 23.6 Å². The minimum Gasteiger partial charge on any atom is -0.308 e. The molecular weight excluding hydrogens is 503 g/mol. The van der Waals surface area contributed by atoms with E-state index in [1.54, 1.807) is 67.6 Å². The quantitative estimate of drug-likeness (QED) is 0.352. The van der Waals surface area contributed by atoms with Crippen LogP contribution in [0.15, 0.2) is 71.7 Å². The van der Waals surface area contributed by atoms with Crippen LogP contribution in [0, 0.1) is 12.7 Å². The van der Waals surface area contributed by atoms with E-state index in [-0.39, 0.29) is 23.6 Å². The number of urea groups is 1. The number of carbonyl (C=O) groups is 3. The van der Waals surface area contributed by atoms with Gasteiger partial charge in [0.15, 0.2) is 5.82 Å². The summed E-state index contributed by atoms with van der Waals surface area (Å²) < 4.78 is 15.0. The number of amides is 3. The number of carbonyl (C=O) groups excluding carboxylic acids is 3. The van der Waals surface area contributed by atoms with E-state index in [1.807, 2.05) is 0 Å². The highest BCUT2D eigenvalue weighted by Crippen LogP contribution is 2.32. The monoisotopic (exact) mass is 526 g/mol. The van der Waals surface area contributed by atoms with Gasteiger partial charge < -0.3 is 15.5 Å². The molecule has 1 aliphatic rings. The molecule has 2 heterocycles. The molecule has 1 atom stereocenters. The normalized spacial score (nSPS) is 14.7. The standard InChI is InChI=1S/C27H23FN8O3/c1-15-7-5-11-20-22(19-10-3-4-12-21(19)28)30-25(26(38)36(23(15)20)14-16(2)37)31-27(39)29-18-9-6-8-17(13-18)24-32-34-35-33-24/h3-13,25H,14H2,1-2H3,(H2,29,31,39)(H,32,33,34,35). The lowest BCUT2D eigenvalue weighted by molar-refractivity contribution is -0.123. The third-order valence-electron chi connectivity index (χ3n) is 6.04. The number of aromatic amines is 1. The minimum absolute atomic E-state index is 0.155. The zero-order chi connectivity index (χ0) is 27.5. The first-order valence-corrected chi connectivity index (χ1v) is 12.0. The molecule has 1 aromatic heterocycles. The maximum absolute atomic E-state index is 15.0. The summed E-state index contributed by atoms with van der Waals surface area (Å²) in [4.78, 5) is 44.8.